The third-order valence-corrected chi connectivity index (χ3v) is 14.1. The lowest BCUT2D eigenvalue weighted by Crippen LogP contribution is -2.65. The van der Waals surface area contributed by atoms with E-state index in [1.54, 1.807) is 6.08 Å². The molecule has 2 aliphatic rings. The van der Waals surface area contributed by atoms with Gasteiger partial charge in [0.1, 0.15) is 48.8 Å². The topological polar surface area (TPSA) is 228 Å². The fourth-order valence-electron chi connectivity index (χ4n) is 9.38. The summed E-state index contributed by atoms with van der Waals surface area (Å²) in [4.78, 5) is 13.2. The quantitative estimate of drug-likeness (QED) is 0.0205. The van der Waals surface area contributed by atoms with Crippen molar-refractivity contribution >= 4 is 5.91 Å². The molecule has 2 fully saturated rings. The molecule has 0 radical (unpaired) electrons. The maximum absolute atomic E-state index is 13.2. The molecule has 2 aliphatic heterocycles. The van der Waals surface area contributed by atoms with Crippen LogP contribution in [0.3, 0.4) is 0 Å². The Morgan fingerprint density at radius 3 is 1.38 bits per heavy atom. The Balaban J connectivity index is 1.78. The van der Waals surface area contributed by atoms with Crippen LogP contribution >= 0.6 is 0 Å². The van der Waals surface area contributed by atoms with E-state index < -0.39 is 86.8 Å². The first-order chi connectivity index (χ1) is 34.6. The molecule has 9 N–H and O–H groups in total. The summed E-state index contributed by atoms with van der Waals surface area (Å²) in [7, 11) is 0. The number of amides is 1. The first-order valence-electron chi connectivity index (χ1n) is 28.7. The SMILES string of the molecule is CCCCCCC/C=C/CC/C=C/CC/C=C/C(O)C(COC1OC(CO)C(OC2OC(CO)C(O)C(O)C2O)C(O)C1O)NC(=O)CCCCCCCCCCCCCCCCCCCCCCCC. The molecule has 416 valence electrons. The summed E-state index contributed by atoms with van der Waals surface area (Å²) in [6.07, 6.45) is 34.7. The van der Waals surface area contributed by atoms with Crippen LogP contribution < -0.4 is 5.32 Å². The van der Waals surface area contributed by atoms with Crippen LogP contribution in [-0.2, 0) is 23.7 Å². The minimum absolute atomic E-state index is 0.251. The number of aliphatic hydroxyl groups is 8. The lowest BCUT2D eigenvalue weighted by Gasteiger charge is -2.46. The van der Waals surface area contributed by atoms with Gasteiger partial charge in [-0.15, -0.1) is 0 Å². The van der Waals surface area contributed by atoms with Crippen molar-refractivity contribution in [2.45, 2.75) is 299 Å². The maximum Gasteiger partial charge on any atom is 0.220 e. The van der Waals surface area contributed by atoms with Crippen LogP contribution in [0.15, 0.2) is 36.5 Å². The van der Waals surface area contributed by atoms with Gasteiger partial charge in [0.05, 0.1) is 32.0 Å². The Hall–Kier alpha value is -1.79. The molecular formula is C57H105NO13. The lowest BCUT2D eigenvalue weighted by atomic mass is 9.97. The molecule has 0 aromatic carbocycles. The summed E-state index contributed by atoms with van der Waals surface area (Å²) >= 11 is 0. The summed E-state index contributed by atoms with van der Waals surface area (Å²) in [5.41, 5.74) is 0. The monoisotopic (exact) mass is 1010 g/mol. The van der Waals surface area contributed by atoms with E-state index in [2.05, 4.69) is 43.5 Å². The van der Waals surface area contributed by atoms with E-state index in [0.29, 0.717) is 12.8 Å². The van der Waals surface area contributed by atoms with Gasteiger partial charge < -0.3 is 65.1 Å². The predicted octanol–water partition coefficient (Wildman–Crippen LogP) is 9.05. The molecule has 1 amide bonds. The number of rotatable bonds is 45. The molecule has 12 atom stereocenters. The van der Waals surface area contributed by atoms with Crippen LogP contribution in [0.5, 0.6) is 0 Å². The van der Waals surface area contributed by atoms with Gasteiger partial charge in [0.2, 0.25) is 5.91 Å². The second-order valence-electron chi connectivity index (χ2n) is 20.4. The number of hydrogen-bond acceptors (Lipinski definition) is 13. The summed E-state index contributed by atoms with van der Waals surface area (Å²) in [5, 5.41) is 86.9. The molecule has 0 aliphatic carbocycles. The van der Waals surface area contributed by atoms with Crippen molar-refractivity contribution in [3.05, 3.63) is 36.5 Å². The average Bonchev–Trinajstić information content (AvgIpc) is 3.37. The first-order valence-corrected chi connectivity index (χ1v) is 28.7. The van der Waals surface area contributed by atoms with Gasteiger partial charge in [-0.3, -0.25) is 4.79 Å². The number of nitrogens with one attached hydrogen (secondary N) is 1. The third kappa shape index (κ3) is 29.8. The first kappa shape index (κ1) is 65.3. The Kier molecular flexibility index (Phi) is 40.0. The van der Waals surface area contributed by atoms with Gasteiger partial charge in [-0.05, 0) is 44.9 Å². The van der Waals surface area contributed by atoms with Gasteiger partial charge in [0.15, 0.2) is 12.6 Å². The van der Waals surface area contributed by atoms with Crippen molar-refractivity contribution < 1.29 is 64.6 Å². The Bertz CT molecular complexity index is 1330. The Morgan fingerprint density at radius 2 is 0.901 bits per heavy atom. The number of carbonyl (C=O) groups is 1. The second kappa shape index (κ2) is 43.4. The van der Waals surface area contributed by atoms with Crippen molar-refractivity contribution in [2.24, 2.45) is 0 Å². The zero-order chi connectivity index (χ0) is 51.7. The maximum atomic E-state index is 13.2. The minimum Gasteiger partial charge on any atom is -0.394 e. The van der Waals surface area contributed by atoms with Crippen molar-refractivity contribution in [1.82, 2.24) is 5.32 Å². The van der Waals surface area contributed by atoms with Gasteiger partial charge in [-0.25, -0.2) is 0 Å². The number of carbonyl (C=O) groups excluding carboxylic acids is 1. The molecule has 2 saturated heterocycles. The van der Waals surface area contributed by atoms with Crippen LogP contribution in [0.2, 0.25) is 0 Å². The molecule has 0 saturated carbocycles. The number of hydrogen-bond donors (Lipinski definition) is 9. The van der Waals surface area contributed by atoms with Gasteiger partial charge in [-0.1, -0.05) is 211 Å². The summed E-state index contributed by atoms with van der Waals surface area (Å²) in [5.74, 6) is -0.251. The van der Waals surface area contributed by atoms with Crippen LogP contribution in [0, 0.1) is 0 Å². The van der Waals surface area contributed by atoms with Crippen molar-refractivity contribution in [1.29, 1.82) is 0 Å². The molecule has 71 heavy (non-hydrogen) atoms. The fourth-order valence-corrected chi connectivity index (χ4v) is 9.38. The molecule has 14 nitrogen and oxygen atoms in total. The molecule has 0 aromatic rings. The van der Waals surface area contributed by atoms with Crippen molar-refractivity contribution in [3.8, 4) is 0 Å². The summed E-state index contributed by atoms with van der Waals surface area (Å²) in [6.45, 7) is 2.77. The summed E-state index contributed by atoms with van der Waals surface area (Å²) in [6, 6.07) is -0.934. The highest BCUT2D eigenvalue weighted by atomic mass is 16.7. The van der Waals surface area contributed by atoms with Gasteiger partial charge in [-0.2, -0.15) is 0 Å². The van der Waals surface area contributed by atoms with E-state index in [0.717, 1.165) is 44.9 Å². The second-order valence-corrected chi connectivity index (χ2v) is 20.4. The van der Waals surface area contributed by atoms with E-state index in [1.165, 1.54) is 148 Å². The average molecular weight is 1010 g/mol. The number of aliphatic hydroxyl groups excluding tert-OH is 8. The van der Waals surface area contributed by atoms with Gasteiger partial charge in [0.25, 0.3) is 0 Å². The van der Waals surface area contributed by atoms with Crippen LogP contribution in [0.1, 0.15) is 226 Å². The van der Waals surface area contributed by atoms with Crippen LogP contribution in [-0.4, -0.2) is 140 Å². The van der Waals surface area contributed by atoms with E-state index in [1.807, 2.05) is 6.08 Å². The van der Waals surface area contributed by atoms with Gasteiger partial charge >= 0.3 is 0 Å². The molecule has 0 aromatic heterocycles. The number of ether oxygens (including phenoxy) is 4. The zero-order valence-corrected chi connectivity index (χ0v) is 44.5. The lowest BCUT2D eigenvalue weighted by molar-refractivity contribution is -0.359. The minimum atomic E-state index is -1.79. The fraction of sp³-hybridized carbons (Fsp3) is 0.877. The normalized spacial score (nSPS) is 26.0. The van der Waals surface area contributed by atoms with Crippen LogP contribution in [0.4, 0.5) is 0 Å². The van der Waals surface area contributed by atoms with Crippen molar-refractivity contribution in [2.75, 3.05) is 19.8 Å². The van der Waals surface area contributed by atoms with E-state index in [-0.39, 0.29) is 18.9 Å². The molecular weight excluding hydrogens is 907 g/mol. The Morgan fingerprint density at radius 1 is 0.493 bits per heavy atom. The largest absolute Gasteiger partial charge is 0.394 e. The Labute approximate surface area is 430 Å². The molecule has 2 heterocycles. The molecule has 12 unspecified atom stereocenters. The van der Waals surface area contributed by atoms with Gasteiger partial charge in [0, 0.05) is 6.42 Å². The molecule has 0 spiro atoms. The number of allylic oxidation sites excluding steroid dienone is 5. The van der Waals surface area contributed by atoms with E-state index in [4.69, 9.17) is 18.9 Å². The van der Waals surface area contributed by atoms with E-state index >= 15 is 0 Å². The molecule has 14 heteroatoms. The zero-order valence-electron chi connectivity index (χ0n) is 44.5. The summed E-state index contributed by atoms with van der Waals surface area (Å²) < 4.78 is 22.7. The highest BCUT2D eigenvalue weighted by Crippen LogP contribution is 2.30. The third-order valence-electron chi connectivity index (χ3n) is 14.1. The van der Waals surface area contributed by atoms with Crippen LogP contribution in [0.25, 0.3) is 0 Å². The molecule has 2 rings (SSSR count). The predicted molar refractivity (Wildman–Crippen MR) is 281 cm³/mol. The molecule has 0 bridgehead atoms. The van der Waals surface area contributed by atoms with E-state index in [9.17, 15) is 45.6 Å². The van der Waals surface area contributed by atoms with Crippen molar-refractivity contribution in [3.63, 3.8) is 0 Å². The highest BCUT2D eigenvalue weighted by Gasteiger charge is 2.51. The number of unbranched alkanes of at least 4 members (excludes halogenated alkanes) is 28. The highest BCUT2D eigenvalue weighted by molar-refractivity contribution is 5.76. The smallest absolute Gasteiger partial charge is 0.220 e. The standard InChI is InChI=1S/C57H105NO13/c1-3-5-7-9-11-13-15-17-19-20-21-22-23-24-25-27-29-31-33-35-37-39-41-49(62)58-45(46(61)40-38-36-34-32-30-28-26-18-16-14-12-10-8-6-4-2)44-68-56-54(67)52(65)55(48(43-60)70-56)71-57-53(66)51(64)50(63)47(42-59)69-57/h16,18,30,32,38,40,45-48,50-57,59-61,63-67H,3-15,17,19-29,31,33-37,39,41-44H2,1-2H3,(H,58,62)/b18-16+,32-30+,40-38+.